The van der Waals surface area contributed by atoms with Gasteiger partial charge in [-0.2, -0.15) is 0 Å². The van der Waals surface area contributed by atoms with Crippen LogP contribution in [-0.4, -0.2) is 29.2 Å². The molecule has 106 valence electrons. The van der Waals surface area contributed by atoms with Crippen LogP contribution >= 0.6 is 11.8 Å². The van der Waals surface area contributed by atoms with E-state index in [2.05, 4.69) is 6.92 Å². The highest BCUT2D eigenvalue weighted by atomic mass is 32.2. The molecular weight excluding hydrogens is 274 g/mol. The highest BCUT2D eigenvalue weighted by molar-refractivity contribution is 8.18. The minimum atomic E-state index is -0.214. The van der Waals surface area contributed by atoms with Crippen LogP contribution in [0.25, 0.3) is 6.08 Å². The van der Waals surface area contributed by atoms with Crippen LogP contribution < -0.4 is 4.74 Å². The zero-order valence-corrected chi connectivity index (χ0v) is 12.4. The average Bonchev–Trinajstić information content (AvgIpc) is 2.72. The summed E-state index contributed by atoms with van der Waals surface area (Å²) in [5.74, 6) is 0.597. The molecule has 5 heteroatoms. The van der Waals surface area contributed by atoms with Crippen molar-refractivity contribution in [1.29, 1.82) is 0 Å². The lowest BCUT2D eigenvalue weighted by molar-refractivity contribution is -0.122. The Balaban J connectivity index is 2.11. The van der Waals surface area contributed by atoms with Crippen molar-refractivity contribution in [2.75, 3.05) is 13.2 Å². The number of thioether (sulfide) groups is 1. The van der Waals surface area contributed by atoms with Crippen LogP contribution in [0.15, 0.2) is 29.2 Å². The minimum absolute atomic E-state index is 0.202. The number of likely N-dealkylation sites (N-methyl/N-ethyl adjacent to an activating group) is 1. The molecule has 0 radical (unpaired) electrons. The van der Waals surface area contributed by atoms with E-state index in [0.29, 0.717) is 18.1 Å². The molecule has 20 heavy (non-hydrogen) atoms. The molecule has 1 aromatic carbocycles. The Morgan fingerprint density at radius 3 is 2.45 bits per heavy atom. The molecule has 2 amide bonds. The van der Waals surface area contributed by atoms with E-state index in [-0.39, 0.29) is 11.1 Å². The van der Waals surface area contributed by atoms with Crippen LogP contribution in [0.5, 0.6) is 5.75 Å². The molecule has 1 aliphatic heterocycles. The Morgan fingerprint density at radius 1 is 1.20 bits per heavy atom. The Labute approximate surface area is 122 Å². The summed E-state index contributed by atoms with van der Waals surface area (Å²) in [6.45, 7) is 4.94. The summed E-state index contributed by atoms with van der Waals surface area (Å²) < 4.78 is 5.50. The van der Waals surface area contributed by atoms with E-state index in [0.717, 1.165) is 29.5 Å². The van der Waals surface area contributed by atoms with E-state index in [1.165, 1.54) is 4.90 Å². The third kappa shape index (κ3) is 3.22. The van der Waals surface area contributed by atoms with Crippen LogP contribution in [-0.2, 0) is 4.79 Å². The first-order valence-corrected chi connectivity index (χ1v) is 7.45. The topological polar surface area (TPSA) is 46.6 Å². The number of nitrogens with zero attached hydrogens (tertiary/aromatic N) is 1. The lowest BCUT2D eigenvalue weighted by Crippen LogP contribution is -2.27. The maximum absolute atomic E-state index is 12.0. The quantitative estimate of drug-likeness (QED) is 0.779. The van der Waals surface area contributed by atoms with Crippen molar-refractivity contribution in [1.82, 2.24) is 4.90 Å². The van der Waals surface area contributed by atoms with E-state index in [4.69, 9.17) is 4.74 Å². The summed E-state index contributed by atoms with van der Waals surface area (Å²) >= 11 is 0.987. The van der Waals surface area contributed by atoms with Crippen molar-refractivity contribution in [3.05, 3.63) is 34.7 Å². The van der Waals surface area contributed by atoms with Gasteiger partial charge in [0, 0.05) is 6.54 Å². The lowest BCUT2D eigenvalue weighted by Gasteiger charge is -2.07. The van der Waals surface area contributed by atoms with E-state index >= 15 is 0 Å². The molecule has 0 aromatic heterocycles. The zero-order chi connectivity index (χ0) is 14.5. The second kappa shape index (κ2) is 6.61. The number of imide groups is 1. The number of benzene rings is 1. The predicted molar refractivity (Wildman–Crippen MR) is 80.6 cm³/mol. The fourth-order valence-corrected chi connectivity index (χ4v) is 2.71. The van der Waals surface area contributed by atoms with E-state index < -0.39 is 0 Å². The smallest absolute Gasteiger partial charge is 0.293 e. The molecular formula is C15H17NO3S. The summed E-state index contributed by atoms with van der Waals surface area (Å²) in [5, 5.41) is -0.202. The molecule has 0 saturated carbocycles. The molecule has 1 aliphatic rings. The molecule has 0 spiro atoms. The van der Waals surface area contributed by atoms with Gasteiger partial charge in [-0.1, -0.05) is 19.1 Å². The van der Waals surface area contributed by atoms with Crippen LogP contribution in [0, 0.1) is 0 Å². The van der Waals surface area contributed by atoms with Crippen molar-refractivity contribution in [3.63, 3.8) is 0 Å². The lowest BCUT2D eigenvalue weighted by atomic mass is 10.2. The molecule has 0 aliphatic carbocycles. The minimum Gasteiger partial charge on any atom is -0.494 e. The van der Waals surface area contributed by atoms with Crippen LogP contribution in [0.3, 0.4) is 0 Å². The predicted octanol–water partition coefficient (Wildman–Crippen LogP) is 3.53. The van der Waals surface area contributed by atoms with Crippen molar-refractivity contribution in [2.45, 2.75) is 20.3 Å². The molecule has 0 atom stereocenters. The van der Waals surface area contributed by atoms with Gasteiger partial charge in [-0.15, -0.1) is 0 Å². The Bertz CT molecular complexity index is 537. The van der Waals surface area contributed by atoms with Crippen LogP contribution in [0.4, 0.5) is 4.79 Å². The molecule has 4 nitrogen and oxygen atoms in total. The SMILES string of the molecule is CCCOc1ccc(/C=C2/SC(=O)N(CC)C2=O)cc1. The summed E-state index contributed by atoms with van der Waals surface area (Å²) in [6, 6.07) is 7.49. The van der Waals surface area contributed by atoms with E-state index in [1.807, 2.05) is 24.3 Å². The van der Waals surface area contributed by atoms with Crippen molar-refractivity contribution in [3.8, 4) is 5.75 Å². The molecule has 2 rings (SSSR count). The first kappa shape index (κ1) is 14.7. The second-order valence-corrected chi connectivity index (χ2v) is 5.34. The van der Waals surface area contributed by atoms with Crippen LogP contribution in [0.2, 0.25) is 0 Å². The Kier molecular flexibility index (Phi) is 4.84. The normalized spacial score (nSPS) is 17.1. The third-order valence-electron chi connectivity index (χ3n) is 2.84. The van der Waals surface area contributed by atoms with Gasteiger partial charge in [-0.05, 0) is 48.9 Å². The first-order chi connectivity index (χ1) is 9.65. The van der Waals surface area contributed by atoms with Gasteiger partial charge in [0.25, 0.3) is 11.1 Å². The molecule has 0 unspecified atom stereocenters. The number of hydrogen-bond donors (Lipinski definition) is 0. The highest BCUT2D eigenvalue weighted by Crippen LogP contribution is 2.32. The standard InChI is InChI=1S/C15H17NO3S/c1-3-9-19-12-7-5-11(6-8-12)10-13-14(17)16(4-2)15(18)20-13/h5-8,10H,3-4,9H2,1-2H3/b13-10+. The van der Waals surface area contributed by atoms with Gasteiger partial charge >= 0.3 is 0 Å². The van der Waals surface area contributed by atoms with Gasteiger partial charge in [0.2, 0.25) is 0 Å². The fraction of sp³-hybridized carbons (Fsp3) is 0.333. The van der Waals surface area contributed by atoms with Gasteiger partial charge in [0.15, 0.2) is 0 Å². The summed E-state index contributed by atoms with van der Waals surface area (Å²) in [6.07, 6.45) is 2.70. The van der Waals surface area contributed by atoms with E-state index in [1.54, 1.807) is 13.0 Å². The molecule has 0 N–H and O–H groups in total. The number of ether oxygens (including phenoxy) is 1. The largest absolute Gasteiger partial charge is 0.494 e. The Hall–Kier alpha value is -1.75. The monoisotopic (exact) mass is 291 g/mol. The Morgan fingerprint density at radius 2 is 1.90 bits per heavy atom. The van der Waals surface area contributed by atoms with Gasteiger partial charge in [-0.3, -0.25) is 14.5 Å². The molecule has 1 fully saturated rings. The average molecular weight is 291 g/mol. The molecule has 1 heterocycles. The van der Waals surface area contributed by atoms with Crippen molar-refractivity contribution in [2.24, 2.45) is 0 Å². The molecule has 0 bridgehead atoms. The van der Waals surface area contributed by atoms with Gasteiger partial charge in [0.05, 0.1) is 11.5 Å². The summed E-state index contributed by atoms with van der Waals surface area (Å²) in [4.78, 5) is 25.3. The maximum Gasteiger partial charge on any atom is 0.293 e. The first-order valence-electron chi connectivity index (χ1n) is 6.64. The number of hydrogen-bond acceptors (Lipinski definition) is 4. The van der Waals surface area contributed by atoms with Gasteiger partial charge < -0.3 is 4.74 Å². The number of carbonyl (C=O) groups excluding carboxylic acids is 2. The number of rotatable bonds is 5. The summed E-state index contributed by atoms with van der Waals surface area (Å²) in [7, 11) is 0. The molecule has 1 saturated heterocycles. The maximum atomic E-state index is 12.0. The van der Waals surface area contributed by atoms with Crippen molar-refractivity contribution < 1.29 is 14.3 Å². The van der Waals surface area contributed by atoms with Crippen LogP contribution in [0.1, 0.15) is 25.8 Å². The number of carbonyl (C=O) groups is 2. The van der Waals surface area contributed by atoms with Gasteiger partial charge in [-0.25, -0.2) is 0 Å². The second-order valence-electron chi connectivity index (χ2n) is 4.34. The van der Waals surface area contributed by atoms with Gasteiger partial charge in [0.1, 0.15) is 5.75 Å². The molecule has 1 aromatic rings. The summed E-state index contributed by atoms with van der Waals surface area (Å²) in [5.41, 5.74) is 0.885. The third-order valence-corrected chi connectivity index (χ3v) is 3.75. The number of amides is 2. The van der Waals surface area contributed by atoms with E-state index in [9.17, 15) is 9.59 Å². The highest BCUT2D eigenvalue weighted by Gasteiger charge is 2.33. The fourth-order valence-electron chi connectivity index (χ4n) is 1.80. The van der Waals surface area contributed by atoms with Crippen molar-refractivity contribution >= 4 is 29.0 Å². The zero-order valence-electron chi connectivity index (χ0n) is 11.6.